The van der Waals surface area contributed by atoms with Crippen molar-refractivity contribution in [2.45, 2.75) is 77.0 Å². The third-order valence-electron chi connectivity index (χ3n) is 14.5. The number of amides is 3. The number of carbonyl (C=O) groups is 3. The maximum Gasteiger partial charge on any atom is 0.251 e. The van der Waals surface area contributed by atoms with E-state index >= 15 is 0 Å². The lowest BCUT2D eigenvalue weighted by atomic mass is 9.84. The summed E-state index contributed by atoms with van der Waals surface area (Å²) in [6.45, 7) is 8.30. The largest absolute Gasteiger partial charge is 0.399 e. The second-order valence-corrected chi connectivity index (χ2v) is 20.5. The van der Waals surface area contributed by atoms with Crippen LogP contribution < -0.4 is 27.0 Å². The maximum absolute atomic E-state index is 13.9. The average molecular weight is 1090 g/mol. The van der Waals surface area contributed by atoms with Crippen LogP contribution in [0.2, 0.25) is 10.0 Å². The van der Waals surface area contributed by atoms with Gasteiger partial charge in [-0.05, 0) is 98.2 Å². The van der Waals surface area contributed by atoms with E-state index in [0.717, 1.165) is 76.5 Å². The number of halogens is 2. The van der Waals surface area contributed by atoms with Crippen LogP contribution in [-0.2, 0) is 46.2 Å². The molecule has 20 heteroatoms. The Bertz CT molecular complexity index is 2980. The topological polar surface area (TPSA) is 234 Å². The van der Waals surface area contributed by atoms with Crippen molar-refractivity contribution in [3.8, 4) is 22.3 Å². The van der Waals surface area contributed by atoms with E-state index in [2.05, 4.69) is 25.5 Å². The van der Waals surface area contributed by atoms with Crippen LogP contribution in [0, 0.1) is 12.8 Å². The summed E-state index contributed by atoms with van der Waals surface area (Å²) < 4.78 is 28.4. The molecule has 1 aliphatic carbocycles. The number of aromatic amines is 1. The molecule has 3 aromatic heterocycles. The van der Waals surface area contributed by atoms with E-state index in [1.165, 1.54) is 0 Å². The molecule has 9 rings (SSSR count). The Labute approximate surface area is 458 Å². The minimum absolute atomic E-state index is 0.0504. The first kappa shape index (κ1) is 55.4. The van der Waals surface area contributed by atoms with Crippen LogP contribution in [0.3, 0.4) is 0 Å². The van der Waals surface area contributed by atoms with Crippen molar-refractivity contribution >= 4 is 69.1 Å². The first-order valence-electron chi connectivity index (χ1n) is 26.5. The summed E-state index contributed by atoms with van der Waals surface area (Å²) in [5, 5.41) is 7.99. The van der Waals surface area contributed by atoms with Gasteiger partial charge in [-0.2, -0.15) is 0 Å². The zero-order chi connectivity index (χ0) is 53.8. The number of anilines is 3. The Balaban J connectivity index is 0.627. The van der Waals surface area contributed by atoms with Gasteiger partial charge in [0.2, 0.25) is 11.8 Å². The van der Waals surface area contributed by atoms with Gasteiger partial charge in [-0.3, -0.25) is 14.4 Å². The summed E-state index contributed by atoms with van der Waals surface area (Å²) in [5.41, 5.74) is 20.1. The van der Waals surface area contributed by atoms with Gasteiger partial charge >= 0.3 is 0 Å². The number of carbonyl (C=O) groups excluding carboxylic acids is 3. The highest BCUT2D eigenvalue weighted by Gasteiger charge is 2.46. The number of hydrogen-bond donors (Lipinski definition) is 5. The lowest BCUT2D eigenvalue weighted by Gasteiger charge is -2.35. The Kier molecular flexibility index (Phi) is 18.9. The van der Waals surface area contributed by atoms with Crippen molar-refractivity contribution < 1.29 is 38.1 Å². The monoisotopic (exact) mass is 1090 g/mol. The number of H-pyrrole nitrogens is 1. The van der Waals surface area contributed by atoms with Gasteiger partial charge in [0.1, 0.15) is 30.1 Å². The van der Waals surface area contributed by atoms with Crippen LogP contribution in [0.25, 0.3) is 33.2 Å². The van der Waals surface area contributed by atoms with Gasteiger partial charge in [-0.25, -0.2) is 15.0 Å². The molecule has 3 aromatic carbocycles. The number of nitrogen functional groups attached to an aromatic ring is 2. The molecule has 18 nitrogen and oxygen atoms in total. The first-order chi connectivity index (χ1) is 37.4. The van der Waals surface area contributed by atoms with Crippen LogP contribution in [0.4, 0.5) is 17.3 Å². The highest BCUT2D eigenvalue weighted by atomic mass is 35.5. The summed E-state index contributed by atoms with van der Waals surface area (Å²) in [7, 11) is 0. The molecule has 1 saturated carbocycles. The van der Waals surface area contributed by atoms with E-state index in [-0.39, 0.29) is 43.0 Å². The number of nitrogens with one attached hydrogen (secondary N) is 3. The number of benzene rings is 3. The molecule has 0 bridgehead atoms. The number of fused-ring (bicyclic) bond motifs is 4. The van der Waals surface area contributed by atoms with E-state index < -0.39 is 6.04 Å². The minimum atomic E-state index is -0.404. The fraction of sp³-hybridized carbons (Fsp3) is 0.439. The lowest BCUT2D eigenvalue weighted by Crippen LogP contribution is -2.48. The summed E-state index contributed by atoms with van der Waals surface area (Å²) >= 11 is 13.2. The Morgan fingerprint density at radius 3 is 2.14 bits per heavy atom. The molecule has 7 N–H and O–H groups in total. The number of hydrogen-bond acceptors (Lipinski definition) is 14. The molecular formula is C57H68Cl2N10O8. The standard InChI is InChI=1S/C57H68Cl2N10O8/c1-35(64-56(71)39-9-7-37(8-10-39)38-11-14-42(60)15-12-38)47-31-51(66-36(2)65-47)69-48-6-4-3-5-40(48)29-49(69)57(72)62-18-20-73-21-22-74-23-24-75-25-26-76-27-28-77-34-52(70)68-19-17-46-44(33-68)53-43(41-13-16-50(61)63-32-41)30-45(58)54(59)55(53)67-46/h7-16,30-32,35,40,48-49,67H,3-6,17-29,33-34,60H2,1-2H3,(H2,61,63)(H,62,72)(H,64,71)/t35-,40-,48-,49-/m0/s1. The molecule has 5 heterocycles. The molecule has 0 unspecified atom stereocenters. The summed E-state index contributed by atoms with van der Waals surface area (Å²) in [6.07, 6.45) is 7.41. The molecular weight excluding hydrogens is 1020 g/mol. The Morgan fingerprint density at radius 2 is 1.45 bits per heavy atom. The summed E-state index contributed by atoms with van der Waals surface area (Å²) in [5.74, 6) is 1.73. The highest BCUT2D eigenvalue weighted by molar-refractivity contribution is 6.45. The summed E-state index contributed by atoms with van der Waals surface area (Å²) in [4.78, 5) is 61.7. The van der Waals surface area contributed by atoms with E-state index in [9.17, 15) is 14.4 Å². The summed E-state index contributed by atoms with van der Waals surface area (Å²) in [6, 6.07) is 21.9. The van der Waals surface area contributed by atoms with Crippen LogP contribution in [0.15, 0.2) is 79.0 Å². The molecule has 3 amide bonds. The van der Waals surface area contributed by atoms with E-state index in [1.54, 1.807) is 17.2 Å². The van der Waals surface area contributed by atoms with Crippen molar-refractivity contribution in [3.05, 3.63) is 117 Å². The fourth-order valence-corrected chi connectivity index (χ4v) is 11.0. The van der Waals surface area contributed by atoms with Crippen LogP contribution in [-0.4, -0.2) is 134 Å². The minimum Gasteiger partial charge on any atom is -0.399 e. The number of aryl methyl sites for hydroxylation is 1. The molecule has 6 aromatic rings. The van der Waals surface area contributed by atoms with Gasteiger partial charge < -0.3 is 60.6 Å². The van der Waals surface area contributed by atoms with Gasteiger partial charge in [-0.1, -0.05) is 60.3 Å². The SMILES string of the molecule is Cc1nc([C@H](C)NC(=O)c2ccc(-c3ccc(N)cc3)cc2)cc(N2[C@H](C(=O)NCCOCCOCCOCCOCCOCC(=O)N3CCc4[nH]c5c(Cl)c(Cl)cc(-c6ccc(N)nc6)c5c4C3)C[C@@H]3CCCC[C@@H]32)n1. The van der Waals surface area contributed by atoms with Gasteiger partial charge in [0, 0.05) is 77.8 Å². The second kappa shape index (κ2) is 26.3. The predicted molar refractivity (Wildman–Crippen MR) is 298 cm³/mol. The third-order valence-corrected chi connectivity index (χ3v) is 15.3. The van der Waals surface area contributed by atoms with Crippen molar-refractivity contribution in [1.29, 1.82) is 0 Å². The van der Waals surface area contributed by atoms with Crippen LogP contribution in [0.5, 0.6) is 0 Å². The number of nitrogens with two attached hydrogens (primary N) is 2. The van der Waals surface area contributed by atoms with E-state index in [4.69, 9.17) is 68.3 Å². The number of pyridine rings is 1. The zero-order valence-electron chi connectivity index (χ0n) is 43.7. The lowest BCUT2D eigenvalue weighted by molar-refractivity contribution is -0.137. The Morgan fingerprint density at radius 1 is 0.805 bits per heavy atom. The highest BCUT2D eigenvalue weighted by Crippen LogP contribution is 2.44. The van der Waals surface area contributed by atoms with Gasteiger partial charge in [0.25, 0.3) is 5.91 Å². The maximum atomic E-state index is 13.9. The van der Waals surface area contributed by atoms with E-state index in [1.807, 2.05) is 80.6 Å². The van der Waals surface area contributed by atoms with Gasteiger partial charge in [0.05, 0.1) is 86.8 Å². The Hall–Kier alpha value is -6.38. The van der Waals surface area contributed by atoms with Crippen LogP contribution in [0.1, 0.15) is 78.2 Å². The van der Waals surface area contributed by atoms with Crippen molar-refractivity contribution in [2.75, 3.05) is 95.5 Å². The second-order valence-electron chi connectivity index (χ2n) is 19.7. The van der Waals surface area contributed by atoms with Crippen LogP contribution >= 0.6 is 23.2 Å². The fourth-order valence-electron chi connectivity index (χ4n) is 10.6. The zero-order valence-corrected chi connectivity index (χ0v) is 45.2. The molecule has 2 aliphatic heterocycles. The third kappa shape index (κ3) is 13.8. The number of ether oxygens (including phenoxy) is 5. The van der Waals surface area contributed by atoms with Crippen molar-refractivity contribution in [2.24, 2.45) is 5.92 Å². The normalized spacial score (nSPS) is 17.5. The van der Waals surface area contributed by atoms with Gasteiger partial charge in [0.15, 0.2) is 0 Å². The molecule has 4 atom stereocenters. The number of rotatable bonds is 24. The van der Waals surface area contributed by atoms with Gasteiger partial charge in [-0.15, -0.1) is 0 Å². The predicted octanol–water partition coefficient (Wildman–Crippen LogP) is 7.88. The molecule has 77 heavy (non-hydrogen) atoms. The molecule has 0 spiro atoms. The van der Waals surface area contributed by atoms with Crippen molar-refractivity contribution in [1.82, 2.24) is 35.5 Å². The van der Waals surface area contributed by atoms with E-state index in [0.29, 0.717) is 129 Å². The molecule has 408 valence electrons. The smallest absolute Gasteiger partial charge is 0.251 e. The molecule has 0 radical (unpaired) electrons. The van der Waals surface area contributed by atoms with Crippen molar-refractivity contribution in [3.63, 3.8) is 0 Å². The number of aromatic nitrogens is 4. The molecule has 2 fully saturated rings. The molecule has 3 aliphatic rings. The quantitative estimate of drug-likeness (QED) is 0.0287. The molecule has 1 saturated heterocycles. The number of nitrogens with zero attached hydrogens (tertiary/aromatic N) is 5. The first-order valence-corrected chi connectivity index (χ1v) is 27.3. The average Bonchev–Trinajstić information content (AvgIpc) is 4.13.